The maximum atomic E-state index is 12.9. The van der Waals surface area contributed by atoms with Gasteiger partial charge in [0, 0.05) is 18.6 Å². The molecular formula is C14H25F3N2. The zero-order valence-corrected chi connectivity index (χ0v) is 11.7. The fourth-order valence-electron chi connectivity index (χ4n) is 3.62. The normalized spacial score (nSPS) is 34.4. The summed E-state index contributed by atoms with van der Waals surface area (Å²) in [5.74, 6) is -1.12. The topological polar surface area (TPSA) is 15.3 Å². The summed E-state index contributed by atoms with van der Waals surface area (Å²) in [6, 6.07) is 0.685. The van der Waals surface area contributed by atoms with Crippen molar-refractivity contribution in [1.29, 1.82) is 0 Å². The first-order valence-corrected chi connectivity index (χ1v) is 7.56. The van der Waals surface area contributed by atoms with Crippen molar-refractivity contribution in [2.24, 2.45) is 5.92 Å². The first-order valence-electron chi connectivity index (χ1n) is 7.56. The fourth-order valence-corrected chi connectivity index (χ4v) is 3.62. The van der Waals surface area contributed by atoms with Crippen LogP contribution in [0.5, 0.6) is 0 Å². The minimum absolute atomic E-state index is 0.204. The standard InChI is InChI=1S/C14H25F3N2/c1-2-18-12-7-3-4-8-13(12)19-9-5-6-11(10-19)14(15,16)17/h11-13,18H,2-10H2,1H3. The summed E-state index contributed by atoms with van der Waals surface area (Å²) in [5.41, 5.74) is 0. The number of nitrogens with zero attached hydrogens (tertiary/aromatic N) is 1. The van der Waals surface area contributed by atoms with Crippen molar-refractivity contribution in [2.45, 2.75) is 63.7 Å². The highest BCUT2D eigenvalue weighted by Gasteiger charge is 2.43. The zero-order chi connectivity index (χ0) is 13.9. The van der Waals surface area contributed by atoms with Crippen LogP contribution < -0.4 is 5.32 Å². The van der Waals surface area contributed by atoms with E-state index in [4.69, 9.17) is 0 Å². The van der Waals surface area contributed by atoms with Gasteiger partial charge in [0.2, 0.25) is 0 Å². The molecule has 2 rings (SSSR count). The van der Waals surface area contributed by atoms with Crippen LogP contribution in [0.4, 0.5) is 13.2 Å². The Hall–Kier alpha value is -0.290. The lowest BCUT2D eigenvalue weighted by atomic mass is 9.86. The van der Waals surface area contributed by atoms with Gasteiger partial charge in [-0.05, 0) is 38.8 Å². The number of halogens is 3. The van der Waals surface area contributed by atoms with Gasteiger partial charge in [0.25, 0.3) is 0 Å². The molecule has 0 amide bonds. The predicted octanol–water partition coefficient (Wildman–Crippen LogP) is 3.18. The molecule has 2 aliphatic rings. The molecule has 1 heterocycles. The molecule has 0 aromatic heterocycles. The molecule has 1 saturated heterocycles. The fraction of sp³-hybridized carbons (Fsp3) is 1.00. The third-order valence-electron chi connectivity index (χ3n) is 4.58. The van der Waals surface area contributed by atoms with Gasteiger partial charge in [-0.1, -0.05) is 19.8 Å². The minimum Gasteiger partial charge on any atom is -0.313 e. The Morgan fingerprint density at radius 1 is 1.11 bits per heavy atom. The van der Waals surface area contributed by atoms with Gasteiger partial charge in [-0.15, -0.1) is 0 Å². The van der Waals surface area contributed by atoms with Crippen LogP contribution in [0.25, 0.3) is 0 Å². The highest BCUT2D eigenvalue weighted by atomic mass is 19.4. The van der Waals surface area contributed by atoms with E-state index in [-0.39, 0.29) is 6.54 Å². The lowest BCUT2D eigenvalue weighted by Crippen LogP contribution is -2.55. The molecule has 0 aromatic rings. The summed E-state index contributed by atoms with van der Waals surface area (Å²) < 4.78 is 38.7. The Balaban J connectivity index is 1.98. The van der Waals surface area contributed by atoms with Gasteiger partial charge in [0.05, 0.1) is 5.92 Å². The molecule has 1 aliphatic heterocycles. The van der Waals surface area contributed by atoms with E-state index < -0.39 is 12.1 Å². The number of rotatable bonds is 3. The van der Waals surface area contributed by atoms with Crippen LogP contribution in [0.1, 0.15) is 45.4 Å². The summed E-state index contributed by atoms with van der Waals surface area (Å²) in [6.07, 6.45) is 1.46. The summed E-state index contributed by atoms with van der Waals surface area (Å²) in [6.45, 7) is 4.01. The van der Waals surface area contributed by atoms with Crippen LogP contribution in [0.15, 0.2) is 0 Å². The minimum atomic E-state index is -4.03. The van der Waals surface area contributed by atoms with E-state index in [9.17, 15) is 13.2 Å². The number of hydrogen-bond acceptors (Lipinski definition) is 2. The van der Waals surface area contributed by atoms with E-state index in [2.05, 4.69) is 17.1 Å². The molecule has 0 spiro atoms. The monoisotopic (exact) mass is 278 g/mol. The van der Waals surface area contributed by atoms with Crippen molar-refractivity contribution in [2.75, 3.05) is 19.6 Å². The molecule has 3 atom stereocenters. The summed E-state index contributed by atoms with van der Waals surface area (Å²) in [4.78, 5) is 2.11. The van der Waals surface area contributed by atoms with Crippen molar-refractivity contribution in [1.82, 2.24) is 10.2 Å². The number of hydrogen-bond donors (Lipinski definition) is 1. The Labute approximate surface area is 113 Å². The first-order chi connectivity index (χ1) is 9.02. The van der Waals surface area contributed by atoms with E-state index in [0.717, 1.165) is 32.4 Å². The molecule has 2 fully saturated rings. The van der Waals surface area contributed by atoms with Gasteiger partial charge in [-0.2, -0.15) is 13.2 Å². The van der Waals surface area contributed by atoms with Crippen LogP contribution >= 0.6 is 0 Å². The van der Waals surface area contributed by atoms with Crippen molar-refractivity contribution in [3.05, 3.63) is 0 Å². The lowest BCUT2D eigenvalue weighted by molar-refractivity contribution is -0.189. The highest BCUT2D eigenvalue weighted by molar-refractivity contribution is 4.91. The zero-order valence-electron chi connectivity index (χ0n) is 11.7. The van der Waals surface area contributed by atoms with Crippen LogP contribution in [0.2, 0.25) is 0 Å². The molecule has 2 nitrogen and oxygen atoms in total. The number of likely N-dealkylation sites (N-methyl/N-ethyl adjacent to an activating group) is 1. The smallest absolute Gasteiger partial charge is 0.313 e. The van der Waals surface area contributed by atoms with Gasteiger partial charge < -0.3 is 5.32 Å². The van der Waals surface area contributed by atoms with Crippen LogP contribution in [0, 0.1) is 5.92 Å². The molecular weight excluding hydrogens is 253 g/mol. The van der Waals surface area contributed by atoms with Crippen LogP contribution in [-0.4, -0.2) is 42.8 Å². The van der Waals surface area contributed by atoms with Gasteiger partial charge in [0.1, 0.15) is 0 Å². The molecule has 19 heavy (non-hydrogen) atoms. The molecule has 1 N–H and O–H groups in total. The molecule has 0 bridgehead atoms. The van der Waals surface area contributed by atoms with Crippen molar-refractivity contribution >= 4 is 0 Å². The molecule has 3 unspecified atom stereocenters. The summed E-state index contributed by atoms with van der Waals surface area (Å²) in [7, 11) is 0. The van der Waals surface area contributed by atoms with Gasteiger partial charge >= 0.3 is 6.18 Å². The van der Waals surface area contributed by atoms with Gasteiger partial charge in [0.15, 0.2) is 0 Å². The Morgan fingerprint density at radius 3 is 2.53 bits per heavy atom. The number of alkyl halides is 3. The van der Waals surface area contributed by atoms with E-state index in [0.29, 0.717) is 24.9 Å². The number of nitrogens with one attached hydrogen (secondary N) is 1. The van der Waals surface area contributed by atoms with Crippen LogP contribution in [-0.2, 0) is 0 Å². The molecule has 112 valence electrons. The third-order valence-corrected chi connectivity index (χ3v) is 4.58. The average molecular weight is 278 g/mol. The van der Waals surface area contributed by atoms with E-state index >= 15 is 0 Å². The molecule has 0 radical (unpaired) electrons. The van der Waals surface area contributed by atoms with E-state index in [1.165, 1.54) is 6.42 Å². The average Bonchev–Trinajstić information content (AvgIpc) is 2.39. The van der Waals surface area contributed by atoms with Crippen molar-refractivity contribution in [3.63, 3.8) is 0 Å². The Morgan fingerprint density at radius 2 is 1.84 bits per heavy atom. The van der Waals surface area contributed by atoms with Crippen molar-refractivity contribution < 1.29 is 13.2 Å². The lowest BCUT2D eigenvalue weighted by Gasteiger charge is -2.44. The first kappa shape index (κ1) is 15.1. The second-order valence-electron chi connectivity index (χ2n) is 5.89. The Bertz CT molecular complexity index is 278. The van der Waals surface area contributed by atoms with Gasteiger partial charge in [-0.3, -0.25) is 4.90 Å². The predicted molar refractivity (Wildman–Crippen MR) is 70.1 cm³/mol. The van der Waals surface area contributed by atoms with E-state index in [1.807, 2.05) is 0 Å². The summed E-state index contributed by atoms with van der Waals surface area (Å²) >= 11 is 0. The second-order valence-corrected chi connectivity index (χ2v) is 5.89. The van der Waals surface area contributed by atoms with Crippen LogP contribution in [0.3, 0.4) is 0 Å². The molecule has 1 saturated carbocycles. The maximum absolute atomic E-state index is 12.9. The van der Waals surface area contributed by atoms with Crippen molar-refractivity contribution in [3.8, 4) is 0 Å². The SMILES string of the molecule is CCNC1CCCCC1N1CCCC(C(F)(F)F)C1. The number of likely N-dealkylation sites (tertiary alicyclic amines) is 1. The van der Waals surface area contributed by atoms with Gasteiger partial charge in [-0.25, -0.2) is 0 Å². The Kier molecular flexibility index (Phi) is 5.12. The molecule has 0 aromatic carbocycles. The number of piperidine rings is 1. The summed E-state index contributed by atoms with van der Waals surface area (Å²) in [5, 5.41) is 3.46. The molecule has 1 aliphatic carbocycles. The quantitative estimate of drug-likeness (QED) is 0.853. The second kappa shape index (κ2) is 6.44. The maximum Gasteiger partial charge on any atom is 0.393 e. The van der Waals surface area contributed by atoms with E-state index in [1.54, 1.807) is 0 Å². The third kappa shape index (κ3) is 3.85. The highest BCUT2D eigenvalue weighted by Crippen LogP contribution is 2.35. The largest absolute Gasteiger partial charge is 0.393 e. The molecule has 5 heteroatoms.